The molecule has 8 N–H and O–H groups in total. The van der Waals surface area contributed by atoms with Gasteiger partial charge in [0.2, 0.25) is 11.9 Å². The Bertz CT molecular complexity index is 822. The molecule has 0 unspecified atom stereocenters. The largest absolute Gasteiger partial charge is 0.490 e. The molecule has 0 amide bonds. The number of rotatable bonds is 9. The van der Waals surface area contributed by atoms with E-state index in [1.54, 1.807) is 0 Å². The summed E-state index contributed by atoms with van der Waals surface area (Å²) < 4.78 is 11.3. The second-order valence-electron chi connectivity index (χ2n) is 5.38. The highest BCUT2D eigenvalue weighted by molar-refractivity contribution is 5.85. The van der Waals surface area contributed by atoms with Crippen molar-refractivity contribution in [3.8, 4) is 11.5 Å². The molecule has 0 radical (unpaired) electrons. The van der Waals surface area contributed by atoms with Gasteiger partial charge in [0.1, 0.15) is 24.7 Å². The van der Waals surface area contributed by atoms with E-state index in [0.29, 0.717) is 24.7 Å². The van der Waals surface area contributed by atoms with Crippen LogP contribution in [0.4, 0.5) is 0 Å². The van der Waals surface area contributed by atoms with Crippen LogP contribution in [0.3, 0.4) is 0 Å². The van der Waals surface area contributed by atoms with Crippen molar-refractivity contribution in [3.05, 3.63) is 59.7 Å². The number of nitrogens with zero attached hydrogens (tertiary/aromatic N) is 4. The summed E-state index contributed by atoms with van der Waals surface area (Å²) in [5, 5.41) is 14.6. The normalized spacial score (nSPS) is 10.0. The molecule has 162 valence electrons. The summed E-state index contributed by atoms with van der Waals surface area (Å²) in [7, 11) is 0. The zero-order valence-electron chi connectivity index (χ0n) is 15.9. The van der Waals surface area contributed by atoms with Crippen LogP contribution in [0.2, 0.25) is 0 Å². The van der Waals surface area contributed by atoms with Crippen LogP contribution in [0.25, 0.3) is 0 Å². The van der Waals surface area contributed by atoms with E-state index in [0.717, 1.165) is 11.1 Å². The molecule has 2 rings (SSSR count). The van der Waals surface area contributed by atoms with Crippen LogP contribution in [0, 0.1) is 0 Å². The molecule has 0 saturated carbocycles. The van der Waals surface area contributed by atoms with E-state index < -0.39 is 0 Å². The Balaban J connectivity index is 0.00000420. The van der Waals surface area contributed by atoms with Gasteiger partial charge in [-0.25, -0.2) is 0 Å². The predicted molar refractivity (Wildman–Crippen MR) is 125 cm³/mol. The molecule has 2 aromatic carbocycles. The first-order valence-corrected chi connectivity index (χ1v) is 8.22. The topological polar surface area (TPSA) is 172 Å². The summed E-state index contributed by atoms with van der Waals surface area (Å²) in [6.45, 7) is 0.724. The smallest absolute Gasteiger partial charge is 0.211 e. The molecule has 0 aromatic heterocycles. The van der Waals surface area contributed by atoms with Crippen molar-refractivity contribution < 1.29 is 9.47 Å². The second-order valence-corrected chi connectivity index (χ2v) is 5.38. The van der Waals surface area contributed by atoms with Crippen LogP contribution in [-0.2, 0) is 0 Å². The van der Waals surface area contributed by atoms with Gasteiger partial charge >= 0.3 is 0 Å². The molecule has 0 spiro atoms. The monoisotopic (exact) mass is 454 g/mol. The first-order valence-electron chi connectivity index (χ1n) is 8.22. The van der Waals surface area contributed by atoms with Crippen LogP contribution in [0.1, 0.15) is 11.1 Å². The molecule has 0 bridgehead atoms. The molecule has 0 aliphatic carbocycles. The number of nitrogens with two attached hydrogens (primary N) is 4. The summed E-state index contributed by atoms with van der Waals surface area (Å²) in [5.74, 6) is 1.14. The number of hydrogen-bond acceptors (Lipinski definition) is 6. The molecule has 0 fully saturated rings. The minimum Gasteiger partial charge on any atom is -0.490 e. The van der Waals surface area contributed by atoms with E-state index in [1.165, 1.54) is 12.4 Å². The van der Waals surface area contributed by atoms with E-state index in [-0.39, 0.29) is 36.7 Å². The molecular formula is C18H24Cl2N8O2. The third-order valence-electron chi connectivity index (χ3n) is 3.10. The third kappa shape index (κ3) is 10.7. The highest BCUT2D eigenvalue weighted by atomic mass is 35.5. The molecule has 0 atom stereocenters. The summed E-state index contributed by atoms with van der Waals surface area (Å²) in [5.41, 5.74) is 22.5. The molecular weight excluding hydrogens is 431 g/mol. The van der Waals surface area contributed by atoms with Crippen molar-refractivity contribution >= 4 is 49.2 Å². The number of guanidine groups is 2. The van der Waals surface area contributed by atoms with Gasteiger partial charge in [-0.2, -0.15) is 10.2 Å². The van der Waals surface area contributed by atoms with Gasteiger partial charge in [-0.1, -0.05) is 24.3 Å². The van der Waals surface area contributed by atoms with Crippen LogP contribution in [-0.4, -0.2) is 37.6 Å². The number of benzene rings is 2. The van der Waals surface area contributed by atoms with Crippen molar-refractivity contribution in [1.82, 2.24) is 0 Å². The lowest BCUT2D eigenvalue weighted by atomic mass is 10.2. The lowest BCUT2D eigenvalue weighted by Gasteiger charge is -2.09. The Morgan fingerprint density at radius 1 is 0.700 bits per heavy atom. The zero-order valence-corrected chi connectivity index (χ0v) is 17.6. The fourth-order valence-corrected chi connectivity index (χ4v) is 2.01. The minimum atomic E-state index is -0.104. The summed E-state index contributed by atoms with van der Waals surface area (Å²) in [4.78, 5) is 0. The van der Waals surface area contributed by atoms with Gasteiger partial charge in [0.05, 0.1) is 12.4 Å². The fourth-order valence-electron chi connectivity index (χ4n) is 2.01. The lowest BCUT2D eigenvalue weighted by molar-refractivity contribution is 0.217. The minimum absolute atomic E-state index is 0. The number of ether oxygens (including phenoxy) is 2. The Morgan fingerprint density at radius 2 is 1.10 bits per heavy atom. The van der Waals surface area contributed by atoms with Crippen LogP contribution in [0.5, 0.6) is 11.5 Å². The highest BCUT2D eigenvalue weighted by Gasteiger charge is 1.98. The lowest BCUT2D eigenvalue weighted by Crippen LogP contribution is -2.21. The third-order valence-corrected chi connectivity index (χ3v) is 3.10. The summed E-state index contributed by atoms with van der Waals surface area (Å²) in [6, 6.07) is 14.7. The average Bonchev–Trinajstić information content (AvgIpc) is 2.65. The van der Waals surface area contributed by atoms with Crippen molar-refractivity contribution in [2.24, 2.45) is 43.3 Å². The molecule has 12 heteroatoms. The van der Waals surface area contributed by atoms with E-state index in [2.05, 4.69) is 20.4 Å². The maximum Gasteiger partial charge on any atom is 0.211 e. The van der Waals surface area contributed by atoms with E-state index in [4.69, 9.17) is 32.4 Å². The molecule has 0 heterocycles. The predicted octanol–water partition coefficient (Wildman–Crippen LogP) is 1.20. The molecule has 0 aliphatic heterocycles. The van der Waals surface area contributed by atoms with Crippen molar-refractivity contribution in [3.63, 3.8) is 0 Å². The Labute approximate surface area is 186 Å². The molecule has 2 aromatic rings. The Morgan fingerprint density at radius 3 is 1.47 bits per heavy atom. The summed E-state index contributed by atoms with van der Waals surface area (Å²) >= 11 is 0. The van der Waals surface area contributed by atoms with Gasteiger partial charge in [0.15, 0.2) is 0 Å². The van der Waals surface area contributed by atoms with Gasteiger partial charge in [-0.05, 0) is 35.4 Å². The molecule has 0 aliphatic rings. The van der Waals surface area contributed by atoms with Crippen molar-refractivity contribution in [2.45, 2.75) is 0 Å². The van der Waals surface area contributed by atoms with Gasteiger partial charge in [-0.3, -0.25) is 0 Å². The first-order chi connectivity index (χ1) is 13.5. The van der Waals surface area contributed by atoms with Crippen molar-refractivity contribution in [2.75, 3.05) is 13.2 Å². The van der Waals surface area contributed by atoms with E-state index in [9.17, 15) is 0 Å². The van der Waals surface area contributed by atoms with Gasteiger partial charge in [0.25, 0.3) is 0 Å². The first kappa shape index (κ1) is 26.5. The SMILES string of the molecule is Cl.Cl.NC(N)=N/N=C/c1cccc(OCCOc2cccc(/C=N/N=C(N)N)c2)c1. The quantitative estimate of drug-likeness (QED) is 0.191. The average molecular weight is 455 g/mol. The molecule has 30 heavy (non-hydrogen) atoms. The maximum absolute atomic E-state index is 5.67. The van der Waals surface area contributed by atoms with Gasteiger partial charge in [0, 0.05) is 0 Å². The van der Waals surface area contributed by atoms with E-state index >= 15 is 0 Å². The van der Waals surface area contributed by atoms with Gasteiger partial charge < -0.3 is 32.4 Å². The number of hydrogen-bond donors (Lipinski definition) is 4. The highest BCUT2D eigenvalue weighted by Crippen LogP contribution is 2.14. The zero-order chi connectivity index (χ0) is 20.2. The van der Waals surface area contributed by atoms with Crippen molar-refractivity contribution in [1.29, 1.82) is 0 Å². The van der Waals surface area contributed by atoms with Gasteiger partial charge in [-0.15, -0.1) is 35.0 Å². The molecule has 10 nitrogen and oxygen atoms in total. The van der Waals surface area contributed by atoms with E-state index in [1.807, 2.05) is 48.5 Å². The Kier molecular flexibility index (Phi) is 12.8. The van der Waals surface area contributed by atoms with Crippen LogP contribution < -0.4 is 32.4 Å². The maximum atomic E-state index is 5.67. The Hall–Kier alpha value is -3.50. The van der Waals surface area contributed by atoms with Crippen LogP contribution in [0.15, 0.2) is 68.9 Å². The fraction of sp³-hybridized carbons (Fsp3) is 0.111. The standard InChI is InChI=1S/C18H22N8O2.2ClH/c19-17(20)25-23-11-13-3-1-5-15(9-13)27-7-8-28-16-6-2-4-14(10-16)12-24-26-18(21)22;;/h1-6,9-12H,7-8H2,(H4,19,20,25)(H4,21,22,26);2*1H/b23-11+,24-12+;;. The van der Waals surface area contributed by atoms with Crippen LogP contribution >= 0.6 is 24.8 Å². The summed E-state index contributed by atoms with van der Waals surface area (Å²) in [6.07, 6.45) is 3.05. The second kappa shape index (κ2) is 14.5. The number of halogens is 2. The molecule has 0 saturated heterocycles.